The molecule has 4 aromatic carbocycles. The van der Waals surface area contributed by atoms with Gasteiger partial charge in [-0.15, -0.1) is 0 Å². The fourth-order valence-electron chi connectivity index (χ4n) is 5.86. The molecule has 0 bridgehead atoms. The molecule has 5 nitrogen and oxygen atoms in total. The molecule has 5 rings (SSSR count). The van der Waals surface area contributed by atoms with Gasteiger partial charge in [-0.05, 0) is 78.8 Å². The number of carbonyl (C=O) groups is 1. The SMILES string of the molecule is O=C(NC(CCCc1ccccc1)CCCc1ccccc1)C1c2ccccc2CCN1S(=O)(=O)/C=C/c1ccccc1. The minimum absolute atomic E-state index is 0.0570. The summed E-state index contributed by atoms with van der Waals surface area (Å²) in [7, 11) is -3.87. The van der Waals surface area contributed by atoms with Crippen molar-refractivity contribution in [1.29, 1.82) is 0 Å². The third kappa shape index (κ3) is 8.53. The van der Waals surface area contributed by atoms with Crippen molar-refractivity contribution in [2.75, 3.05) is 6.54 Å². The fraction of sp³-hybridized carbons (Fsp3) is 0.270. The van der Waals surface area contributed by atoms with E-state index in [0.717, 1.165) is 55.2 Å². The van der Waals surface area contributed by atoms with E-state index in [9.17, 15) is 13.2 Å². The molecule has 6 heteroatoms. The molecule has 1 N–H and O–H groups in total. The van der Waals surface area contributed by atoms with Crippen LogP contribution in [0.15, 0.2) is 121 Å². The Hall–Kier alpha value is -4.00. The van der Waals surface area contributed by atoms with E-state index in [4.69, 9.17) is 0 Å². The molecule has 0 spiro atoms. The average Bonchev–Trinajstić information content (AvgIpc) is 3.04. The van der Waals surface area contributed by atoms with Crippen molar-refractivity contribution in [1.82, 2.24) is 9.62 Å². The maximum Gasteiger partial charge on any atom is 0.243 e. The van der Waals surface area contributed by atoms with Crippen LogP contribution in [0.25, 0.3) is 6.08 Å². The molecule has 222 valence electrons. The van der Waals surface area contributed by atoms with Crippen LogP contribution in [0.5, 0.6) is 0 Å². The number of hydrogen-bond donors (Lipinski definition) is 1. The van der Waals surface area contributed by atoms with Crippen molar-refractivity contribution in [2.45, 2.75) is 57.0 Å². The lowest BCUT2D eigenvalue weighted by Gasteiger charge is -2.35. The first-order chi connectivity index (χ1) is 21.0. The summed E-state index contributed by atoms with van der Waals surface area (Å²) in [6, 6.07) is 36.9. The zero-order valence-electron chi connectivity index (χ0n) is 24.5. The van der Waals surface area contributed by atoms with E-state index >= 15 is 0 Å². The molecule has 0 aromatic heterocycles. The summed E-state index contributed by atoms with van der Waals surface area (Å²) in [5, 5.41) is 4.54. The number of rotatable bonds is 13. The van der Waals surface area contributed by atoms with Crippen molar-refractivity contribution < 1.29 is 13.2 Å². The second kappa shape index (κ2) is 14.9. The maximum absolute atomic E-state index is 14.1. The Morgan fingerprint density at radius 2 is 1.30 bits per heavy atom. The third-order valence-corrected chi connectivity index (χ3v) is 9.64. The molecule has 1 atom stereocenters. The van der Waals surface area contributed by atoms with Crippen LogP contribution in [0.4, 0.5) is 0 Å². The molecule has 1 heterocycles. The smallest absolute Gasteiger partial charge is 0.243 e. The van der Waals surface area contributed by atoms with E-state index in [0.29, 0.717) is 6.42 Å². The first-order valence-electron chi connectivity index (χ1n) is 15.2. The summed E-state index contributed by atoms with van der Waals surface area (Å²) in [5.41, 5.74) is 5.13. The highest BCUT2D eigenvalue weighted by Crippen LogP contribution is 2.33. The molecule has 4 aromatic rings. The minimum Gasteiger partial charge on any atom is -0.352 e. The number of amides is 1. The predicted octanol–water partition coefficient (Wildman–Crippen LogP) is 7.12. The number of aryl methyl sites for hydroxylation is 2. The van der Waals surface area contributed by atoms with E-state index in [2.05, 4.69) is 53.8 Å². The highest BCUT2D eigenvalue weighted by molar-refractivity contribution is 7.92. The molecule has 0 saturated heterocycles. The van der Waals surface area contributed by atoms with Gasteiger partial charge in [0, 0.05) is 18.0 Å². The maximum atomic E-state index is 14.1. The van der Waals surface area contributed by atoms with E-state index in [1.165, 1.54) is 20.8 Å². The molecule has 1 aliphatic rings. The predicted molar refractivity (Wildman–Crippen MR) is 175 cm³/mol. The van der Waals surface area contributed by atoms with Crippen LogP contribution in [0.3, 0.4) is 0 Å². The second-order valence-corrected chi connectivity index (χ2v) is 13.0. The van der Waals surface area contributed by atoms with Gasteiger partial charge in [0.25, 0.3) is 0 Å². The number of nitrogens with zero attached hydrogens (tertiary/aromatic N) is 1. The van der Waals surface area contributed by atoms with Crippen molar-refractivity contribution in [3.05, 3.63) is 148 Å². The third-order valence-electron chi connectivity index (χ3n) is 8.11. The van der Waals surface area contributed by atoms with Gasteiger partial charge >= 0.3 is 0 Å². The molecule has 0 aliphatic carbocycles. The van der Waals surface area contributed by atoms with Gasteiger partial charge in [0.05, 0.1) is 0 Å². The Morgan fingerprint density at radius 1 is 0.767 bits per heavy atom. The van der Waals surface area contributed by atoms with Gasteiger partial charge in [-0.25, -0.2) is 8.42 Å². The minimum atomic E-state index is -3.87. The zero-order chi connectivity index (χ0) is 29.9. The Bertz CT molecular complexity index is 1540. The van der Waals surface area contributed by atoms with Crippen molar-refractivity contribution >= 4 is 22.0 Å². The number of hydrogen-bond acceptors (Lipinski definition) is 3. The van der Waals surface area contributed by atoms with E-state index in [1.54, 1.807) is 6.08 Å². The fourth-order valence-corrected chi connectivity index (χ4v) is 7.19. The lowest BCUT2D eigenvalue weighted by atomic mass is 9.93. The van der Waals surface area contributed by atoms with Crippen LogP contribution >= 0.6 is 0 Å². The van der Waals surface area contributed by atoms with Crippen LogP contribution in [-0.4, -0.2) is 31.2 Å². The molecule has 0 fully saturated rings. The molecule has 1 amide bonds. The van der Waals surface area contributed by atoms with Crippen LogP contribution in [0.1, 0.15) is 59.5 Å². The van der Waals surface area contributed by atoms with Gasteiger partial charge in [-0.1, -0.05) is 115 Å². The van der Waals surface area contributed by atoms with E-state index < -0.39 is 16.1 Å². The first kappa shape index (κ1) is 30.5. The standard InChI is InChI=1S/C37H40N2O3S/c40-37(38-34(23-12-20-30-14-4-1-5-15-30)24-13-21-31-16-6-2-7-17-31)36-35-25-11-10-22-33(35)26-28-39(36)43(41,42)29-27-32-18-8-3-9-19-32/h1-11,14-19,22,25,27,29,34,36H,12-13,20-21,23-24,26,28H2,(H,38,40)/b29-27+. The van der Waals surface area contributed by atoms with Gasteiger partial charge in [-0.2, -0.15) is 4.31 Å². The summed E-state index contributed by atoms with van der Waals surface area (Å²) < 4.78 is 28.7. The largest absolute Gasteiger partial charge is 0.352 e. The highest BCUT2D eigenvalue weighted by atomic mass is 32.2. The Balaban J connectivity index is 1.34. The summed E-state index contributed by atoms with van der Waals surface area (Å²) in [6.07, 6.45) is 7.55. The van der Waals surface area contributed by atoms with Crippen LogP contribution in [-0.2, 0) is 34.1 Å². The van der Waals surface area contributed by atoms with Crippen molar-refractivity contribution in [2.24, 2.45) is 0 Å². The Labute approximate surface area is 256 Å². The number of fused-ring (bicyclic) bond motifs is 1. The molecular formula is C37H40N2O3S. The van der Waals surface area contributed by atoms with Crippen LogP contribution in [0.2, 0.25) is 0 Å². The van der Waals surface area contributed by atoms with Gasteiger partial charge in [0.15, 0.2) is 0 Å². The van der Waals surface area contributed by atoms with Gasteiger partial charge in [0.1, 0.15) is 6.04 Å². The number of benzene rings is 4. The number of sulfonamides is 1. The summed E-state index contributed by atoms with van der Waals surface area (Å²) in [5.74, 6) is -0.256. The van der Waals surface area contributed by atoms with Gasteiger partial charge < -0.3 is 5.32 Å². The zero-order valence-corrected chi connectivity index (χ0v) is 25.3. The lowest BCUT2D eigenvalue weighted by Crippen LogP contribution is -2.48. The second-order valence-electron chi connectivity index (χ2n) is 11.2. The van der Waals surface area contributed by atoms with Crippen LogP contribution in [0, 0.1) is 0 Å². The average molecular weight is 593 g/mol. The molecule has 0 radical (unpaired) electrons. The highest BCUT2D eigenvalue weighted by Gasteiger charge is 2.39. The van der Waals surface area contributed by atoms with E-state index in [1.807, 2.05) is 66.7 Å². The van der Waals surface area contributed by atoms with Crippen molar-refractivity contribution in [3.8, 4) is 0 Å². The number of carbonyl (C=O) groups excluding carboxylic acids is 1. The van der Waals surface area contributed by atoms with Gasteiger partial charge in [0.2, 0.25) is 15.9 Å². The van der Waals surface area contributed by atoms with Gasteiger partial charge in [-0.3, -0.25) is 4.79 Å². The lowest BCUT2D eigenvalue weighted by molar-refractivity contribution is -0.126. The molecular weight excluding hydrogens is 552 g/mol. The molecule has 1 unspecified atom stereocenters. The monoisotopic (exact) mass is 592 g/mol. The molecule has 1 aliphatic heterocycles. The molecule has 43 heavy (non-hydrogen) atoms. The van der Waals surface area contributed by atoms with Crippen molar-refractivity contribution in [3.63, 3.8) is 0 Å². The molecule has 0 saturated carbocycles. The normalized spacial score (nSPS) is 15.4. The Morgan fingerprint density at radius 3 is 1.91 bits per heavy atom. The quantitative estimate of drug-likeness (QED) is 0.180. The van der Waals surface area contributed by atoms with Crippen LogP contribution < -0.4 is 5.32 Å². The summed E-state index contributed by atoms with van der Waals surface area (Å²) >= 11 is 0. The summed E-state index contributed by atoms with van der Waals surface area (Å²) in [6.45, 7) is 0.253. The first-order valence-corrected chi connectivity index (χ1v) is 16.7. The topological polar surface area (TPSA) is 66.5 Å². The summed E-state index contributed by atoms with van der Waals surface area (Å²) in [4.78, 5) is 14.1. The number of nitrogens with one attached hydrogen (secondary N) is 1. The Kier molecular flexibility index (Phi) is 10.6. The van der Waals surface area contributed by atoms with E-state index in [-0.39, 0.29) is 18.5 Å².